The summed E-state index contributed by atoms with van der Waals surface area (Å²) in [6, 6.07) is 60.9. The molecule has 0 bridgehead atoms. The Bertz CT molecular complexity index is 3110. The summed E-state index contributed by atoms with van der Waals surface area (Å²) in [6.07, 6.45) is 2.02. The van der Waals surface area contributed by atoms with Crippen molar-refractivity contribution >= 4 is 44.6 Å². The van der Waals surface area contributed by atoms with Crippen LogP contribution in [0.2, 0.25) is 0 Å². The quantitative estimate of drug-likeness (QED) is 0.161. The average Bonchev–Trinajstić information content (AvgIpc) is 3.83. The highest BCUT2D eigenvalue weighted by Gasteiger charge is 2.32. The molecule has 2 aromatic heterocycles. The number of benzene rings is 7. The van der Waals surface area contributed by atoms with Crippen LogP contribution in [0.4, 0.5) is 22.7 Å². The number of pyridine rings is 1. The molecule has 3 heterocycles. The van der Waals surface area contributed by atoms with Crippen LogP contribution in [0.1, 0.15) is 58.2 Å². The fraction of sp³-hybridized carbons (Fsp3) is 0.175. The molecule has 0 saturated heterocycles. The fourth-order valence-corrected chi connectivity index (χ4v) is 8.97. The summed E-state index contributed by atoms with van der Waals surface area (Å²) in [6.45, 7) is 16.4. The lowest BCUT2D eigenvalue weighted by atomic mass is 9.86. The van der Waals surface area contributed by atoms with Gasteiger partial charge >= 0.3 is 0 Å². The van der Waals surface area contributed by atoms with E-state index >= 15 is 0 Å². The molecule has 5 heteroatoms. The Kier molecular flexibility index (Phi) is 9.52. The van der Waals surface area contributed by atoms with Crippen LogP contribution in [-0.2, 0) is 10.8 Å². The van der Waals surface area contributed by atoms with Gasteiger partial charge in [0.1, 0.15) is 24.0 Å². The Labute approximate surface area is 365 Å². The van der Waals surface area contributed by atoms with Crippen molar-refractivity contribution in [1.29, 1.82) is 0 Å². The van der Waals surface area contributed by atoms with Gasteiger partial charge in [-0.05, 0) is 100 Å². The number of para-hydroxylation sites is 2. The van der Waals surface area contributed by atoms with Gasteiger partial charge in [-0.15, -0.1) is 0 Å². The van der Waals surface area contributed by atoms with Gasteiger partial charge in [0.25, 0.3) is 0 Å². The first-order chi connectivity index (χ1) is 29.9. The molecule has 1 aliphatic rings. The third kappa shape index (κ3) is 7.07. The maximum absolute atomic E-state index is 6.78. The van der Waals surface area contributed by atoms with Crippen molar-refractivity contribution in [3.8, 4) is 39.6 Å². The number of rotatable bonds is 7. The first kappa shape index (κ1) is 39.1. The van der Waals surface area contributed by atoms with Gasteiger partial charge in [0.05, 0.1) is 22.4 Å². The minimum atomic E-state index is 0.0275. The molecule has 0 aliphatic carbocycles. The van der Waals surface area contributed by atoms with Crippen LogP contribution in [0, 0.1) is 6.92 Å². The molecule has 9 aromatic rings. The monoisotopic (exact) mass is 808 g/mol. The molecule has 0 N–H and O–H groups in total. The SMILES string of the molecule is Cc1cc(-n2c3ccccc3c3ccc(Oc4cccc(N5CN(c6cccc(C(C)(C)C)c6)c6c(-c7ccccc7)cccc65)c4)cc32)ncc1-c1ccc(C(C)(C)C)cc1. The van der Waals surface area contributed by atoms with E-state index in [1.54, 1.807) is 0 Å². The maximum atomic E-state index is 6.78. The molecule has 0 atom stereocenters. The van der Waals surface area contributed by atoms with Crippen molar-refractivity contribution in [2.24, 2.45) is 0 Å². The summed E-state index contributed by atoms with van der Waals surface area (Å²) in [5, 5.41) is 2.33. The molecular formula is C57H52N4O. The number of aryl methyl sites for hydroxylation is 1. The van der Waals surface area contributed by atoms with Crippen molar-refractivity contribution in [2.75, 3.05) is 16.5 Å². The molecular weight excluding hydrogens is 757 g/mol. The molecule has 10 rings (SSSR count). The van der Waals surface area contributed by atoms with Crippen molar-refractivity contribution in [2.45, 2.75) is 59.3 Å². The zero-order valence-electron chi connectivity index (χ0n) is 36.6. The number of ether oxygens (including phenoxy) is 1. The third-order valence-corrected chi connectivity index (χ3v) is 12.4. The van der Waals surface area contributed by atoms with E-state index in [0.29, 0.717) is 6.67 Å². The second-order valence-corrected chi connectivity index (χ2v) is 18.7. The maximum Gasteiger partial charge on any atom is 0.137 e. The molecule has 62 heavy (non-hydrogen) atoms. The van der Waals surface area contributed by atoms with Gasteiger partial charge in [0.15, 0.2) is 0 Å². The molecule has 0 spiro atoms. The van der Waals surface area contributed by atoms with Gasteiger partial charge in [-0.2, -0.15) is 0 Å². The Morgan fingerprint density at radius 3 is 1.92 bits per heavy atom. The highest BCUT2D eigenvalue weighted by molar-refractivity contribution is 6.09. The standard InChI is InChI=1S/C57H52N4O/c1-38-32-54(58-36-50(38)40-26-28-41(29-27-40)56(2,3)4)61-51-24-12-11-22-48(51)49-31-30-46(35-53(49)61)62-45-21-14-20-44(34-45)59-37-60(43-19-13-18-42(33-43)57(5,6)7)55-47(23-15-25-52(55)59)39-16-9-8-10-17-39/h8-36H,37H2,1-7H3. The van der Waals surface area contributed by atoms with Crippen LogP contribution in [-0.4, -0.2) is 16.2 Å². The topological polar surface area (TPSA) is 33.5 Å². The Morgan fingerprint density at radius 1 is 0.500 bits per heavy atom. The van der Waals surface area contributed by atoms with Gasteiger partial charge in [-0.25, -0.2) is 4.98 Å². The summed E-state index contributed by atoms with van der Waals surface area (Å²) < 4.78 is 9.05. The highest BCUT2D eigenvalue weighted by Crippen LogP contribution is 2.50. The molecule has 306 valence electrons. The molecule has 7 aromatic carbocycles. The first-order valence-electron chi connectivity index (χ1n) is 21.6. The van der Waals surface area contributed by atoms with E-state index in [1.165, 1.54) is 50.1 Å². The third-order valence-electron chi connectivity index (χ3n) is 12.4. The molecule has 0 radical (unpaired) electrons. The van der Waals surface area contributed by atoms with Crippen molar-refractivity contribution in [3.05, 3.63) is 193 Å². The molecule has 0 saturated carbocycles. The van der Waals surface area contributed by atoms with Crippen molar-refractivity contribution < 1.29 is 4.74 Å². The van der Waals surface area contributed by atoms with Crippen molar-refractivity contribution in [3.63, 3.8) is 0 Å². The summed E-state index contributed by atoms with van der Waals surface area (Å²) in [7, 11) is 0. The predicted molar refractivity (Wildman–Crippen MR) is 260 cm³/mol. The Balaban J connectivity index is 1.01. The van der Waals surface area contributed by atoms with Crippen LogP contribution >= 0.6 is 0 Å². The summed E-state index contributed by atoms with van der Waals surface area (Å²) in [4.78, 5) is 9.96. The van der Waals surface area contributed by atoms with Crippen LogP contribution in [0.3, 0.4) is 0 Å². The zero-order valence-corrected chi connectivity index (χ0v) is 36.6. The number of fused-ring (bicyclic) bond motifs is 4. The molecule has 0 amide bonds. The molecule has 1 aliphatic heterocycles. The normalized spacial score (nSPS) is 13.0. The lowest BCUT2D eigenvalue weighted by molar-refractivity contribution is 0.483. The lowest BCUT2D eigenvalue weighted by Gasteiger charge is -2.26. The second-order valence-electron chi connectivity index (χ2n) is 18.7. The Hall–Kier alpha value is -7.11. The smallest absolute Gasteiger partial charge is 0.137 e. The first-order valence-corrected chi connectivity index (χ1v) is 21.6. The minimum absolute atomic E-state index is 0.0275. The zero-order chi connectivity index (χ0) is 42.8. The largest absolute Gasteiger partial charge is 0.457 e. The van der Waals surface area contributed by atoms with Crippen LogP contribution in [0.5, 0.6) is 11.5 Å². The van der Waals surface area contributed by atoms with E-state index in [0.717, 1.165) is 50.7 Å². The van der Waals surface area contributed by atoms with Crippen molar-refractivity contribution in [1.82, 2.24) is 9.55 Å². The van der Waals surface area contributed by atoms with Crippen LogP contribution in [0.25, 0.3) is 49.9 Å². The van der Waals surface area contributed by atoms with Gasteiger partial charge in [0, 0.05) is 51.6 Å². The van der Waals surface area contributed by atoms with E-state index in [-0.39, 0.29) is 10.8 Å². The van der Waals surface area contributed by atoms with E-state index < -0.39 is 0 Å². The predicted octanol–water partition coefficient (Wildman–Crippen LogP) is 15.5. The van der Waals surface area contributed by atoms with Gasteiger partial charge in [0.2, 0.25) is 0 Å². The number of nitrogens with zero attached hydrogens (tertiary/aromatic N) is 4. The summed E-state index contributed by atoms with van der Waals surface area (Å²) in [5.41, 5.74) is 15.4. The molecule has 0 unspecified atom stereocenters. The van der Waals surface area contributed by atoms with Gasteiger partial charge < -0.3 is 14.5 Å². The van der Waals surface area contributed by atoms with Crippen LogP contribution < -0.4 is 14.5 Å². The molecule has 0 fully saturated rings. The number of hydrogen-bond acceptors (Lipinski definition) is 4. The number of aromatic nitrogens is 2. The van der Waals surface area contributed by atoms with E-state index in [9.17, 15) is 0 Å². The minimum Gasteiger partial charge on any atom is -0.457 e. The summed E-state index contributed by atoms with van der Waals surface area (Å²) >= 11 is 0. The molecule has 5 nitrogen and oxygen atoms in total. The van der Waals surface area contributed by atoms with Gasteiger partial charge in [-0.3, -0.25) is 4.57 Å². The van der Waals surface area contributed by atoms with E-state index in [4.69, 9.17) is 9.72 Å². The lowest BCUT2D eigenvalue weighted by Crippen LogP contribution is -2.24. The average molecular weight is 809 g/mol. The van der Waals surface area contributed by atoms with E-state index in [2.05, 4.69) is 227 Å². The van der Waals surface area contributed by atoms with Gasteiger partial charge in [-0.1, -0.05) is 145 Å². The number of anilines is 4. The fourth-order valence-electron chi connectivity index (χ4n) is 8.97. The second kappa shape index (κ2) is 15.1. The highest BCUT2D eigenvalue weighted by atomic mass is 16.5. The van der Waals surface area contributed by atoms with Crippen LogP contribution in [0.15, 0.2) is 176 Å². The van der Waals surface area contributed by atoms with E-state index in [1.807, 2.05) is 12.3 Å². The number of hydrogen-bond donors (Lipinski definition) is 0. The Morgan fingerprint density at radius 2 is 1.16 bits per heavy atom. The summed E-state index contributed by atoms with van der Waals surface area (Å²) in [5.74, 6) is 2.41.